The van der Waals surface area contributed by atoms with Gasteiger partial charge in [0.2, 0.25) is 0 Å². The summed E-state index contributed by atoms with van der Waals surface area (Å²) in [7, 11) is 0. The second kappa shape index (κ2) is 5.91. The molecule has 0 radical (unpaired) electrons. The van der Waals surface area contributed by atoms with Gasteiger partial charge >= 0.3 is 0 Å². The van der Waals surface area contributed by atoms with Crippen molar-refractivity contribution in [3.05, 3.63) is 50.1 Å². The summed E-state index contributed by atoms with van der Waals surface area (Å²) in [5, 5.41) is 6.16. The van der Waals surface area contributed by atoms with E-state index in [4.69, 9.17) is 0 Å². The molecule has 1 atom stereocenters. The summed E-state index contributed by atoms with van der Waals surface area (Å²) in [4.78, 5) is 4.45. The number of hydrogen-bond donors (Lipinski definition) is 1. The van der Waals surface area contributed by atoms with Gasteiger partial charge in [0.1, 0.15) is 10.8 Å². The first kappa shape index (κ1) is 13.6. The van der Waals surface area contributed by atoms with Crippen LogP contribution in [0.2, 0.25) is 0 Å². The van der Waals surface area contributed by atoms with Gasteiger partial charge in [0.25, 0.3) is 0 Å². The molecule has 0 fully saturated rings. The van der Waals surface area contributed by atoms with E-state index in [0.717, 1.165) is 21.7 Å². The SMILES string of the molecule is CCNC(c1nc(C)cs1)c1cc(Br)ccc1F. The maximum Gasteiger partial charge on any atom is 0.128 e. The first-order chi connectivity index (χ1) is 8.61. The van der Waals surface area contributed by atoms with E-state index >= 15 is 0 Å². The molecule has 0 amide bonds. The van der Waals surface area contributed by atoms with Crippen LogP contribution in [-0.2, 0) is 0 Å². The molecule has 0 bridgehead atoms. The molecule has 2 nitrogen and oxygen atoms in total. The summed E-state index contributed by atoms with van der Waals surface area (Å²) in [6.45, 7) is 4.71. The average Bonchev–Trinajstić information content (AvgIpc) is 2.76. The van der Waals surface area contributed by atoms with Crippen molar-refractivity contribution in [3.8, 4) is 0 Å². The van der Waals surface area contributed by atoms with E-state index in [-0.39, 0.29) is 11.9 Å². The number of nitrogens with zero attached hydrogens (tertiary/aromatic N) is 1. The molecule has 18 heavy (non-hydrogen) atoms. The summed E-state index contributed by atoms with van der Waals surface area (Å²) in [6, 6.07) is 4.80. The Labute approximate surface area is 118 Å². The molecule has 96 valence electrons. The number of aromatic nitrogens is 1. The summed E-state index contributed by atoms with van der Waals surface area (Å²) in [5.41, 5.74) is 1.59. The molecule has 1 aromatic heterocycles. The number of benzene rings is 1. The molecule has 2 rings (SSSR count). The number of thiazole rings is 1. The molecule has 0 saturated heterocycles. The van der Waals surface area contributed by atoms with Crippen molar-refractivity contribution in [2.24, 2.45) is 0 Å². The van der Waals surface area contributed by atoms with Crippen molar-refractivity contribution in [3.63, 3.8) is 0 Å². The van der Waals surface area contributed by atoms with Crippen LogP contribution in [0.25, 0.3) is 0 Å². The Morgan fingerprint density at radius 2 is 2.28 bits per heavy atom. The quantitative estimate of drug-likeness (QED) is 0.915. The highest BCUT2D eigenvalue weighted by molar-refractivity contribution is 9.10. The van der Waals surface area contributed by atoms with E-state index in [1.807, 2.05) is 19.2 Å². The lowest BCUT2D eigenvalue weighted by Gasteiger charge is -2.17. The minimum absolute atomic E-state index is 0.189. The van der Waals surface area contributed by atoms with Gasteiger partial charge in [0, 0.05) is 21.1 Å². The largest absolute Gasteiger partial charge is 0.304 e. The van der Waals surface area contributed by atoms with Crippen molar-refractivity contribution in [1.82, 2.24) is 10.3 Å². The van der Waals surface area contributed by atoms with Crippen LogP contribution >= 0.6 is 27.3 Å². The molecule has 1 N–H and O–H groups in total. The van der Waals surface area contributed by atoms with Crippen molar-refractivity contribution in [1.29, 1.82) is 0 Å². The molecule has 0 aliphatic rings. The van der Waals surface area contributed by atoms with Gasteiger partial charge in [-0.15, -0.1) is 11.3 Å². The van der Waals surface area contributed by atoms with Crippen LogP contribution in [0.4, 0.5) is 4.39 Å². The molecule has 1 aromatic carbocycles. The number of aryl methyl sites for hydroxylation is 1. The average molecular weight is 329 g/mol. The molecule has 1 unspecified atom stereocenters. The van der Waals surface area contributed by atoms with Gasteiger partial charge in [-0.05, 0) is 31.7 Å². The normalized spacial score (nSPS) is 12.7. The van der Waals surface area contributed by atoms with E-state index < -0.39 is 0 Å². The Bertz CT molecular complexity index is 542. The number of halogens is 2. The molecule has 0 aliphatic heterocycles. The van der Waals surface area contributed by atoms with Crippen LogP contribution in [0.1, 0.15) is 29.2 Å². The fraction of sp³-hybridized carbons (Fsp3) is 0.308. The second-order valence-corrected chi connectivity index (χ2v) is 5.79. The number of hydrogen-bond acceptors (Lipinski definition) is 3. The Morgan fingerprint density at radius 3 is 2.89 bits per heavy atom. The number of rotatable bonds is 4. The van der Waals surface area contributed by atoms with Crippen molar-refractivity contribution in [2.45, 2.75) is 19.9 Å². The lowest BCUT2D eigenvalue weighted by atomic mass is 10.1. The third-order valence-corrected chi connectivity index (χ3v) is 4.08. The molecule has 0 spiro atoms. The highest BCUT2D eigenvalue weighted by atomic mass is 79.9. The highest BCUT2D eigenvalue weighted by Gasteiger charge is 2.20. The lowest BCUT2D eigenvalue weighted by Crippen LogP contribution is -2.23. The van der Waals surface area contributed by atoms with Crippen LogP contribution in [0.3, 0.4) is 0 Å². The second-order valence-electron chi connectivity index (χ2n) is 3.98. The van der Waals surface area contributed by atoms with Crippen LogP contribution in [0.15, 0.2) is 28.1 Å². The van der Waals surface area contributed by atoms with E-state index in [9.17, 15) is 4.39 Å². The fourth-order valence-electron chi connectivity index (χ4n) is 1.78. The van der Waals surface area contributed by atoms with Gasteiger partial charge in [-0.3, -0.25) is 0 Å². The predicted molar refractivity (Wildman–Crippen MR) is 76.5 cm³/mol. The monoisotopic (exact) mass is 328 g/mol. The minimum Gasteiger partial charge on any atom is -0.304 e. The fourth-order valence-corrected chi connectivity index (χ4v) is 3.04. The summed E-state index contributed by atoms with van der Waals surface area (Å²) < 4.78 is 14.8. The topological polar surface area (TPSA) is 24.9 Å². The highest BCUT2D eigenvalue weighted by Crippen LogP contribution is 2.29. The molecule has 0 saturated carbocycles. The van der Waals surface area contributed by atoms with E-state index in [0.29, 0.717) is 5.56 Å². The first-order valence-electron chi connectivity index (χ1n) is 5.72. The van der Waals surface area contributed by atoms with Crippen molar-refractivity contribution >= 4 is 27.3 Å². The molecule has 2 aromatic rings. The minimum atomic E-state index is -0.211. The first-order valence-corrected chi connectivity index (χ1v) is 7.39. The zero-order valence-corrected chi connectivity index (χ0v) is 12.6. The van der Waals surface area contributed by atoms with Crippen LogP contribution < -0.4 is 5.32 Å². The van der Waals surface area contributed by atoms with E-state index in [2.05, 4.69) is 26.2 Å². The van der Waals surface area contributed by atoms with E-state index in [1.165, 1.54) is 6.07 Å². The van der Waals surface area contributed by atoms with Crippen molar-refractivity contribution in [2.75, 3.05) is 6.54 Å². The Balaban J connectivity index is 2.44. The number of nitrogens with one attached hydrogen (secondary N) is 1. The Morgan fingerprint density at radius 1 is 1.50 bits per heavy atom. The maximum atomic E-state index is 14.0. The third kappa shape index (κ3) is 2.96. The zero-order chi connectivity index (χ0) is 13.1. The van der Waals surface area contributed by atoms with E-state index in [1.54, 1.807) is 23.5 Å². The van der Waals surface area contributed by atoms with Gasteiger partial charge in [-0.2, -0.15) is 0 Å². The van der Waals surface area contributed by atoms with Gasteiger partial charge < -0.3 is 5.32 Å². The Kier molecular flexibility index (Phi) is 4.48. The predicted octanol–water partition coefficient (Wildman–Crippen LogP) is 4.05. The van der Waals surface area contributed by atoms with Gasteiger partial charge in [-0.1, -0.05) is 22.9 Å². The maximum absolute atomic E-state index is 14.0. The molecule has 5 heteroatoms. The van der Waals surface area contributed by atoms with Crippen LogP contribution in [0, 0.1) is 12.7 Å². The van der Waals surface area contributed by atoms with Gasteiger partial charge in [0.15, 0.2) is 0 Å². The van der Waals surface area contributed by atoms with Gasteiger partial charge in [0.05, 0.1) is 6.04 Å². The molecule has 1 heterocycles. The standard InChI is InChI=1S/C13H14BrFN2S/c1-3-16-12(13-17-8(2)7-18-13)10-6-9(14)4-5-11(10)15/h4-7,12,16H,3H2,1-2H3. The summed E-state index contributed by atoms with van der Waals surface area (Å²) in [6.07, 6.45) is 0. The van der Waals surface area contributed by atoms with Crippen LogP contribution in [0.5, 0.6) is 0 Å². The summed E-state index contributed by atoms with van der Waals surface area (Å²) in [5.74, 6) is -0.211. The lowest BCUT2D eigenvalue weighted by molar-refractivity contribution is 0.557. The molecular formula is C13H14BrFN2S. The summed E-state index contributed by atoms with van der Waals surface area (Å²) >= 11 is 4.93. The van der Waals surface area contributed by atoms with Crippen molar-refractivity contribution < 1.29 is 4.39 Å². The smallest absolute Gasteiger partial charge is 0.128 e. The zero-order valence-electron chi connectivity index (χ0n) is 10.2. The van der Waals surface area contributed by atoms with Gasteiger partial charge in [-0.25, -0.2) is 9.37 Å². The molecule has 0 aliphatic carbocycles. The van der Waals surface area contributed by atoms with Crippen LogP contribution in [-0.4, -0.2) is 11.5 Å². The third-order valence-electron chi connectivity index (χ3n) is 2.56. The Hall–Kier alpha value is -0.780. The molecular weight excluding hydrogens is 315 g/mol.